The summed E-state index contributed by atoms with van der Waals surface area (Å²) in [5.41, 5.74) is 5.02. The molecular weight excluding hydrogens is 214 g/mol. The van der Waals surface area contributed by atoms with E-state index in [1.54, 1.807) is 20.8 Å². The summed E-state index contributed by atoms with van der Waals surface area (Å²) in [5.74, 6) is 0.0416. The summed E-state index contributed by atoms with van der Waals surface area (Å²) in [5, 5.41) is 0. The lowest BCUT2D eigenvalue weighted by atomic mass is 10.1. The normalized spacial score (nSPS) is 14.3. The molecule has 5 heteroatoms. The van der Waals surface area contributed by atoms with Crippen LogP contribution in [0.4, 0.5) is 0 Å². The van der Waals surface area contributed by atoms with Gasteiger partial charge in [0.1, 0.15) is 0 Å². The first kappa shape index (κ1) is 14.9. The maximum Gasteiger partial charge on any atom is 0.157 e. The Hall–Kier alpha value is -0.130. The van der Waals surface area contributed by atoms with Gasteiger partial charge in [-0.25, -0.2) is 8.42 Å². The number of sulfone groups is 1. The molecule has 0 heterocycles. The first-order chi connectivity index (χ1) is 6.52. The third-order valence-corrected chi connectivity index (χ3v) is 4.84. The average Bonchev–Trinajstić information content (AvgIpc) is 2.01. The Morgan fingerprint density at radius 3 is 1.93 bits per heavy atom. The Balaban J connectivity index is 4.20. The van der Waals surface area contributed by atoms with Crippen molar-refractivity contribution >= 4 is 9.84 Å². The van der Waals surface area contributed by atoms with E-state index in [0.29, 0.717) is 6.54 Å². The van der Waals surface area contributed by atoms with E-state index in [9.17, 15) is 8.42 Å². The number of rotatable bonds is 5. The molecular formula is C10H23NO3S. The van der Waals surface area contributed by atoms with Crippen LogP contribution in [0, 0.1) is 0 Å². The predicted octanol–water partition coefficient (Wildman–Crippen LogP) is 0.954. The molecule has 0 aromatic carbocycles. The fraction of sp³-hybridized carbons (Fsp3) is 1.00. The van der Waals surface area contributed by atoms with Crippen molar-refractivity contribution in [3.05, 3.63) is 0 Å². The molecule has 0 bridgehead atoms. The summed E-state index contributed by atoms with van der Waals surface area (Å²) in [6, 6.07) is 0. The van der Waals surface area contributed by atoms with Crippen LogP contribution in [-0.4, -0.2) is 37.7 Å². The van der Waals surface area contributed by atoms with Crippen LogP contribution in [-0.2, 0) is 14.6 Å². The minimum absolute atomic E-state index is 0.0416. The number of ether oxygens (including phenoxy) is 1. The van der Waals surface area contributed by atoms with Gasteiger partial charge in [0.05, 0.1) is 22.7 Å². The highest BCUT2D eigenvalue weighted by Crippen LogP contribution is 2.16. The van der Waals surface area contributed by atoms with E-state index < -0.39 is 20.2 Å². The molecule has 0 amide bonds. The molecule has 0 radical (unpaired) electrons. The van der Waals surface area contributed by atoms with E-state index in [1.807, 2.05) is 13.8 Å². The molecule has 0 aliphatic heterocycles. The molecule has 0 aliphatic rings. The van der Waals surface area contributed by atoms with Gasteiger partial charge in [0.2, 0.25) is 0 Å². The second-order valence-electron chi connectivity index (χ2n) is 5.24. The van der Waals surface area contributed by atoms with Gasteiger partial charge >= 0.3 is 0 Å². The van der Waals surface area contributed by atoms with Crippen molar-refractivity contribution < 1.29 is 13.2 Å². The van der Waals surface area contributed by atoms with Crippen LogP contribution in [0.2, 0.25) is 0 Å². The average molecular weight is 237 g/mol. The molecule has 0 aliphatic carbocycles. The van der Waals surface area contributed by atoms with Gasteiger partial charge < -0.3 is 10.5 Å². The molecule has 2 N–H and O–H groups in total. The van der Waals surface area contributed by atoms with Crippen molar-refractivity contribution in [2.75, 3.05) is 18.9 Å². The summed E-state index contributed by atoms with van der Waals surface area (Å²) in [6.45, 7) is 9.34. The van der Waals surface area contributed by atoms with Crippen molar-refractivity contribution in [1.29, 1.82) is 0 Å². The van der Waals surface area contributed by atoms with E-state index in [-0.39, 0.29) is 12.4 Å². The summed E-state index contributed by atoms with van der Waals surface area (Å²) >= 11 is 0. The largest absolute Gasteiger partial charge is 0.373 e. The van der Waals surface area contributed by atoms with Crippen LogP contribution in [0.1, 0.15) is 34.6 Å². The Kier molecular flexibility index (Phi) is 4.76. The third-order valence-electron chi connectivity index (χ3n) is 2.27. The van der Waals surface area contributed by atoms with Crippen LogP contribution in [0.25, 0.3) is 0 Å². The van der Waals surface area contributed by atoms with Crippen LogP contribution < -0.4 is 5.73 Å². The van der Waals surface area contributed by atoms with Crippen LogP contribution in [0.5, 0.6) is 0 Å². The lowest BCUT2D eigenvalue weighted by Gasteiger charge is -2.25. The Labute approximate surface area is 93.1 Å². The van der Waals surface area contributed by atoms with E-state index >= 15 is 0 Å². The van der Waals surface area contributed by atoms with E-state index in [2.05, 4.69) is 0 Å². The monoisotopic (exact) mass is 237 g/mol. The molecule has 15 heavy (non-hydrogen) atoms. The van der Waals surface area contributed by atoms with Crippen molar-refractivity contribution in [2.45, 2.75) is 45.0 Å². The van der Waals surface area contributed by atoms with Crippen molar-refractivity contribution in [2.24, 2.45) is 5.73 Å². The summed E-state index contributed by atoms with van der Waals surface area (Å²) < 4.78 is 28.1. The molecule has 0 rings (SSSR count). The predicted molar refractivity (Wildman–Crippen MR) is 62.6 cm³/mol. The summed E-state index contributed by atoms with van der Waals surface area (Å²) in [6.07, 6.45) is 0. The minimum atomic E-state index is -3.09. The highest BCUT2D eigenvalue weighted by atomic mass is 32.2. The maximum absolute atomic E-state index is 11.7. The molecule has 0 aromatic rings. The number of hydrogen-bond acceptors (Lipinski definition) is 4. The standard InChI is InChI=1S/C10H23NO3S/c1-9(2,3)15(12,13)7-6-14-10(4,5)8-11/h6-8,11H2,1-5H3. The summed E-state index contributed by atoms with van der Waals surface area (Å²) in [7, 11) is -3.09. The second kappa shape index (κ2) is 4.80. The van der Waals surface area contributed by atoms with Gasteiger partial charge in [0.15, 0.2) is 9.84 Å². The first-order valence-corrected chi connectivity index (χ1v) is 6.73. The van der Waals surface area contributed by atoms with Crippen LogP contribution in [0.3, 0.4) is 0 Å². The van der Waals surface area contributed by atoms with Gasteiger partial charge in [-0.15, -0.1) is 0 Å². The quantitative estimate of drug-likeness (QED) is 0.773. The maximum atomic E-state index is 11.7. The van der Waals surface area contributed by atoms with Gasteiger partial charge in [-0.1, -0.05) is 0 Å². The van der Waals surface area contributed by atoms with Crippen molar-refractivity contribution in [3.8, 4) is 0 Å². The van der Waals surface area contributed by atoms with Gasteiger partial charge in [-0.2, -0.15) is 0 Å². The molecule has 0 fully saturated rings. The smallest absolute Gasteiger partial charge is 0.157 e. The molecule has 4 nitrogen and oxygen atoms in total. The van der Waals surface area contributed by atoms with Crippen molar-refractivity contribution in [1.82, 2.24) is 0 Å². The van der Waals surface area contributed by atoms with Gasteiger partial charge in [0, 0.05) is 6.54 Å². The highest BCUT2D eigenvalue weighted by Gasteiger charge is 2.29. The zero-order chi connectivity index (χ0) is 12.3. The Bertz CT molecular complexity index is 288. The molecule has 0 unspecified atom stereocenters. The fourth-order valence-corrected chi connectivity index (χ4v) is 1.71. The number of hydrogen-bond donors (Lipinski definition) is 1. The first-order valence-electron chi connectivity index (χ1n) is 5.08. The highest BCUT2D eigenvalue weighted by molar-refractivity contribution is 7.92. The van der Waals surface area contributed by atoms with E-state index in [4.69, 9.17) is 10.5 Å². The number of nitrogens with two attached hydrogens (primary N) is 1. The molecule has 0 atom stereocenters. The fourth-order valence-electron chi connectivity index (χ4n) is 0.793. The Morgan fingerprint density at radius 1 is 1.13 bits per heavy atom. The van der Waals surface area contributed by atoms with Crippen molar-refractivity contribution in [3.63, 3.8) is 0 Å². The molecule has 0 aromatic heterocycles. The molecule has 92 valence electrons. The van der Waals surface area contributed by atoms with Crippen LogP contribution >= 0.6 is 0 Å². The molecule has 0 saturated heterocycles. The third kappa shape index (κ3) is 4.95. The zero-order valence-electron chi connectivity index (χ0n) is 10.3. The van der Waals surface area contributed by atoms with Gasteiger partial charge in [0.25, 0.3) is 0 Å². The van der Waals surface area contributed by atoms with Gasteiger partial charge in [-0.3, -0.25) is 0 Å². The molecule has 0 saturated carbocycles. The SMILES string of the molecule is CC(C)(CN)OCCS(=O)(=O)C(C)(C)C. The summed E-state index contributed by atoms with van der Waals surface area (Å²) in [4.78, 5) is 0. The van der Waals surface area contributed by atoms with E-state index in [0.717, 1.165) is 0 Å². The lowest BCUT2D eigenvalue weighted by molar-refractivity contribution is -0.00151. The Morgan fingerprint density at radius 2 is 1.60 bits per heavy atom. The zero-order valence-corrected chi connectivity index (χ0v) is 11.1. The van der Waals surface area contributed by atoms with Crippen LogP contribution in [0.15, 0.2) is 0 Å². The van der Waals surface area contributed by atoms with E-state index in [1.165, 1.54) is 0 Å². The lowest BCUT2D eigenvalue weighted by Crippen LogP contribution is -2.38. The topological polar surface area (TPSA) is 69.4 Å². The minimum Gasteiger partial charge on any atom is -0.373 e. The van der Waals surface area contributed by atoms with Gasteiger partial charge in [-0.05, 0) is 34.6 Å². The molecule has 0 spiro atoms. The second-order valence-corrected chi connectivity index (χ2v) is 8.11.